The number of Topliss-reactive ketones (excluding diaryl/α,β-unsaturated/α-hetero) is 1. The summed E-state index contributed by atoms with van der Waals surface area (Å²) in [5.74, 6) is 0.928. The van der Waals surface area contributed by atoms with E-state index in [1.165, 1.54) is 5.56 Å². The fourth-order valence-electron chi connectivity index (χ4n) is 3.24. The molecule has 84 valence electrons. The van der Waals surface area contributed by atoms with E-state index >= 15 is 0 Å². The zero-order valence-electron chi connectivity index (χ0n) is 9.48. The molecule has 1 aliphatic heterocycles. The lowest BCUT2D eigenvalue weighted by Crippen LogP contribution is -2.59. The molecule has 2 atom stereocenters. The average molecular weight is 216 g/mol. The van der Waals surface area contributed by atoms with Gasteiger partial charge in [-0.3, -0.25) is 4.79 Å². The van der Waals surface area contributed by atoms with Crippen LogP contribution in [0.25, 0.3) is 0 Å². The normalized spacial score (nSPS) is 30.6. The average Bonchev–Trinajstić information content (AvgIpc) is 2.15. The predicted octanol–water partition coefficient (Wildman–Crippen LogP) is 2.40. The summed E-state index contributed by atoms with van der Waals surface area (Å²) in [6.45, 7) is 3.37. The van der Waals surface area contributed by atoms with E-state index in [0.29, 0.717) is 11.7 Å². The Labute approximate surface area is 95.6 Å². The van der Waals surface area contributed by atoms with Crippen molar-refractivity contribution in [2.45, 2.75) is 19.3 Å². The van der Waals surface area contributed by atoms with Gasteiger partial charge in [0, 0.05) is 17.3 Å². The van der Waals surface area contributed by atoms with Crippen LogP contribution in [0.15, 0.2) is 30.3 Å². The van der Waals surface area contributed by atoms with Crippen molar-refractivity contribution in [2.24, 2.45) is 11.3 Å². The molecule has 1 spiro atoms. The summed E-state index contributed by atoms with van der Waals surface area (Å²) >= 11 is 0. The van der Waals surface area contributed by atoms with Gasteiger partial charge in [-0.1, -0.05) is 30.3 Å². The van der Waals surface area contributed by atoms with E-state index in [1.807, 2.05) is 6.07 Å². The van der Waals surface area contributed by atoms with Gasteiger partial charge in [0.2, 0.25) is 0 Å². The van der Waals surface area contributed by atoms with Crippen LogP contribution in [-0.4, -0.2) is 19.0 Å². The summed E-state index contributed by atoms with van der Waals surface area (Å²) in [4.78, 5) is 11.6. The van der Waals surface area contributed by atoms with E-state index in [2.05, 4.69) is 24.3 Å². The largest absolute Gasteiger partial charge is 0.380 e. The Hall–Kier alpha value is -1.15. The molecule has 0 amide bonds. The summed E-state index contributed by atoms with van der Waals surface area (Å²) in [6.07, 6.45) is 1.02. The first kappa shape index (κ1) is 10.0. The highest BCUT2D eigenvalue weighted by Gasteiger charge is 2.59. The van der Waals surface area contributed by atoms with E-state index in [0.717, 1.165) is 19.6 Å². The third kappa shape index (κ3) is 1.26. The zero-order chi connectivity index (χ0) is 11.2. The molecule has 0 radical (unpaired) electrons. The number of ketones is 1. The van der Waals surface area contributed by atoms with Crippen LogP contribution >= 0.6 is 0 Å². The molecule has 1 aromatic rings. The molecule has 2 heteroatoms. The van der Waals surface area contributed by atoms with Crippen LogP contribution in [0.1, 0.15) is 24.8 Å². The van der Waals surface area contributed by atoms with E-state index in [1.54, 1.807) is 6.92 Å². The van der Waals surface area contributed by atoms with Gasteiger partial charge in [-0.25, -0.2) is 0 Å². The Balaban J connectivity index is 1.92. The second-order valence-electron chi connectivity index (χ2n) is 5.16. The van der Waals surface area contributed by atoms with Gasteiger partial charge in [0.25, 0.3) is 0 Å². The minimum absolute atomic E-state index is 0.214. The third-order valence-electron chi connectivity index (χ3n) is 4.15. The van der Waals surface area contributed by atoms with Gasteiger partial charge < -0.3 is 4.74 Å². The molecule has 0 aromatic heterocycles. The predicted molar refractivity (Wildman–Crippen MR) is 61.2 cm³/mol. The molecule has 0 N–H and O–H groups in total. The molecule has 2 unspecified atom stereocenters. The van der Waals surface area contributed by atoms with Crippen LogP contribution in [0.5, 0.6) is 0 Å². The Kier molecular flexibility index (Phi) is 2.15. The number of carbonyl (C=O) groups is 1. The monoisotopic (exact) mass is 216 g/mol. The lowest BCUT2D eigenvalue weighted by atomic mass is 9.49. The molecule has 3 rings (SSSR count). The van der Waals surface area contributed by atoms with Crippen molar-refractivity contribution in [1.82, 2.24) is 0 Å². The van der Waals surface area contributed by atoms with Gasteiger partial charge in [-0.2, -0.15) is 0 Å². The van der Waals surface area contributed by atoms with Gasteiger partial charge in [0.05, 0.1) is 13.2 Å². The van der Waals surface area contributed by atoms with Crippen LogP contribution in [0, 0.1) is 11.3 Å². The van der Waals surface area contributed by atoms with Crippen LogP contribution in [0.3, 0.4) is 0 Å². The molecule has 2 fully saturated rings. The lowest BCUT2D eigenvalue weighted by Gasteiger charge is -2.59. The first-order valence-corrected chi connectivity index (χ1v) is 5.86. The second-order valence-corrected chi connectivity index (χ2v) is 5.16. The summed E-state index contributed by atoms with van der Waals surface area (Å²) in [6, 6.07) is 10.4. The first-order valence-electron chi connectivity index (χ1n) is 5.86. The fraction of sp³-hybridized carbons (Fsp3) is 0.500. The van der Waals surface area contributed by atoms with Crippen molar-refractivity contribution < 1.29 is 9.53 Å². The number of hydrogen-bond acceptors (Lipinski definition) is 2. The highest BCUT2D eigenvalue weighted by molar-refractivity contribution is 5.81. The second kappa shape index (κ2) is 3.42. The summed E-state index contributed by atoms with van der Waals surface area (Å²) in [5, 5.41) is 0. The number of hydrogen-bond donors (Lipinski definition) is 0. The van der Waals surface area contributed by atoms with E-state index in [4.69, 9.17) is 4.74 Å². The number of ether oxygens (including phenoxy) is 1. The number of rotatable bonds is 2. The Bertz CT molecular complexity index is 406. The van der Waals surface area contributed by atoms with Crippen molar-refractivity contribution in [3.8, 4) is 0 Å². The topological polar surface area (TPSA) is 26.3 Å². The molecular weight excluding hydrogens is 200 g/mol. The van der Waals surface area contributed by atoms with Crippen molar-refractivity contribution >= 4 is 5.78 Å². The van der Waals surface area contributed by atoms with Crippen LogP contribution in [0.4, 0.5) is 0 Å². The van der Waals surface area contributed by atoms with Crippen molar-refractivity contribution in [1.29, 1.82) is 0 Å². The SMILES string of the molecule is CC(=O)C1CC2(COC2)C1c1ccccc1. The van der Waals surface area contributed by atoms with E-state index in [9.17, 15) is 4.79 Å². The summed E-state index contributed by atoms with van der Waals surface area (Å²) in [5.41, 5.74) is 1.58. The molecule has 2 aliphatic rings. The number of carbonyl (C=O) groups excluding carboxylic acids is 1. The molecule has 0 bridgehead atoms. The maximum Gasteiger partial charge on any atom is 0.133 e. The molecule has 2 nitrogen and oxygen atoms in total. The smallest absolute Gasteiger partial charge is 0.133 e. The van der Waals surface area contributed by atoms with Crippen molar-refractivity contribution in [3.05, 3.63) is 35.9 Å². The fourth-order valence-corrected chi connectivity index (χ4v) is 3.24. The molecule has 16 heavy (non-hydrogen) atoms. The first-order chi connectivity index (χ1) is 7.73. The minimum atomic E-state index is 0.214. The van der Waals surface area contributed by atoms with Gasteiger partial charge in [0.1, 0.15) is 5.78 Å². The molecule has 1 saturated heterocycles. The maximum absolute atomic E-state index is 11.6. The van der Waals surface area contributed by atoms with Gasteiger partial charge in [0.15, 0.2) is 0 Å². The van der Waals surface area contributed by atoms with Gasteiger partial charge >= 0.3 is 0 Å². The van der Waals surface area contributed by atoms with Gasteiger partial charge in [-0.05, 0) is 18.9 Å². The Morgan fingerprint density at radius 1 is 1.31 bits per heavy atom. The minimum Gasteiger partial charge on any atom is -0.380 e. The maximum atomic E-state index is 11.6. The molecule has 1 aromatic carbocycles. The number of benzene rings is 1. The molecule has 1 heterocycles. The van der Waals surface area contributed by atoms with E-state index < -0.39 is 0 Å². The molecule has 1 aliphatic carbocycles. The summed E-state index contributed by atoms with van der Waals surface area (Å²) in [7, 11) is 0. The zero-order valence-corrected chi connectivity index (χ0v) is 9.48. The highest BCUT2D eigenvalue weighted by atomic mass is 16.5. The standard InChI is InChI=1S/C14H16O2/c1-10(15)12-7-14(8-16-9-14)13(12)11-5-3-2-4-6-11/h2-6,12-13H,7-9H2,1H3. The van der Waals surface area contributed by atoms with Crippen molar-refractivity contribution in [3.63, 3.8) is 0 Å². The molecule has 1 saturated carbocycles. The lowest BCUT2D eigenvalue weighted by molar-refractivity contribution is -0.197. The Morgan fingerprint density at radius 2 is 2.00 bits per heavy atom. The Morgan fingerprint density at radius 3 is 2.50 bits per heavy atom. The van der Waals surface area contributed by atoms with E-state index in [-0.39, 0.29) is 11.3 Å². The molecular formula is C14H16O2. The van der Waals surface area contributed by atoms with Crippen LogP contribution < -0.4 is 0 Å². The van der Waals surface area contributed by atoms with Crippen LogP contribution in [-0.2, 0) is 9.53 Å². The third-order valence-corrected chi connectivity index (χ3v) is 4.15. The summed E-state index contributed by atoms with van der Waals surface area (Å²) < 4.78 is 5.35. The van der Waals surface area contributed by atoms with Crippen LogP contribution in [0.2, 0.25) is 0 Å². The quantitative estimate of drug-likeness (QED) is 0.758. The highest BCUT2D eigenvalue weighted by Crippen LogP contribution is 2.60. The van der Waals surface area contributed by atoms with Crippen molar-refractivity contribution in [2.75, 3.05) is 13.2 Å². The van der Waals surface area contributed by atoms with Gasteiger partial charge in [-0.15, -0.1) is 0 Å².